The molecule has 0 saturated carbocycles. The van der Waals surface area contributed by atoms with Crippen molar-refractivity contribution in [3.05, 3.63) is 17.7 Å². The third-order valence-corrected chi connectivity index (χ3v) is 2.10. The maximum Gasteiger partial charge on any atom is 0.492 e. The van der Waals surface area contributed by atoms with Gasteiger partial charge in [-0.15, -0.1) is 0 Å². The Hall–Kier alpha value is -1.20. The fourth-order valence-corrected chi connectivity index (χ4v) is 1.46. The molecule has 1 aromatic rings. The van der Waals surface area contributed by atoms with Gasteiger partial charge in [-0.3, -0.25) is 0 Å². The Morgan fingerprint density at radius 1 is 1.54 bits per heavy atom. The van der Waals surface area contributed by atoms with E-state index in [1.807, 2.05) is 0 Å². The summed E-state index contributed by atoms with van der Waals surface area (Å²) in [5.74, 6) is 0.617. The SMILES string of the molecule is COc1cc(O)cc2c1COB2O. The van der Waals surface area contributed by atoms with Crippen molar-refractivity contribution in [3.63, 3.8) is 0 Å². The number of ether oxygens (including phenoxy) is 1. The quantitative estimate of drug-likeness (QED) is 0.578. The molecule has 0 amide bonds. The predicted molar refractivity (Wildman–Crippen MR) is 47.1 cm³/mol. The van der Waals surface area contributed by atoms with Crippen LogP contribution in [0.1, 0.15) is 5.56 Å². The van der Waals surface area contributed by atoms with Crippen LogP contribution in [0.3, 0.4) is 0 Å². The van der Waals surface area contributed by atoms with Gasteiger partial charge in [-0.2, -0.15) is 0 Å². The van der Waals surface area contributed by atoms with Crippen molar-refractivity contribution >= 4 is 12.6 Å². The van der Waals surface area contributed by atoms with Crippen LogP contribution in [-0.4, -0.2) is 24.4 Å². The summed E-state index contributed by atoms with van der Waals surface area (Å²) >= 11 is 0. The van der Waals surface area contributed by atoms with Crippen LogP contribution < -0.4 is 10.2 Å². The number of rotatable bonds is 1. The number of fused-ring (bicyclic) bond motifs is 1. The second kappa shape index (κ2) is 2.94. The molecule has 13 heavy (non-hydrogen) atoms. The average molecular weight is 180 g/mol. The van der Waals surface area contributed by atoms with Gasteiger partial charge in [-0.25, -0.2) is 0 Å². The van der Waals surface area contributed by atoms with E-state index in [1.165, 1.54) is 19.2 Å². The van der Waals surface area contributed by atoms with Crippen LogP contribution in [0.2, 0.25) is 0 Å². The molecule has 0 radical (unpaired) electrons. The van der Waals surface area contributed by atoms with E-state index in [4.69, 9.17) is 9.39 Å². The van der Waals surface area contributed by atoms with Gasteiger partial charge in [0.25, 0.3) is 0 Å². The van der Waals surface area contributed by atoms with Gasteiger partial charge in [0, 0.05) is 11.6 Å². The van der Waals surface area contributed by atoms with Crippen LogP contribution >= 0.6 is 0 Å². The molecule has 0 aromatic heterocycles. The van der Waals surface area contributed by atoms with Crippen molar-refractivity contribution in [2.75, 3.05) is 7.11 Å². The number of phenolic OH excluding ortho intramolecular Hbond substituents is 1. The van der Waals surface area contributed by atoms with Crippen molar-refractivity contribution in [2.24, 2.45) is 0 Å². The normalized spacial score (nSPS) is 14.5. The van der Waals surface area contributed by atoms with E-state index >= 15 is 0 Å². The topological polar surface area (TPSA) is 58.9 Å². The Kier molecular flexibility index (Phi) is 1.90. The molecule has 0 unspecified atom stereocenters. The number of methoxy groups -OCH3 is 1. The van der Waals surface area contributed by atoms with Crippen molar-refractivity contribution in [1.82, 2.24) is 0 Å². The van der Waals surface area contributed by atoms with Crippen LogP contribution in [-0.2, 0) is 11.3 Å². The van der Waals surface area contributed by atoms with Gasteiger partial charge in [-0.05, 0) is 11.5 Å². The first-order valence-electron chi connectivity index (χ1n) is 3.92. The minimum Gasteiger partial charge on any atom is -0.508 e. The first-order valence-corrected chi connectivity index (χ1v) is 3.92. The molecule has 4 nitrogen and oxygen atoms in total. The molecule has 0 aliphatic carbocycles. The van der Waals surface area contributed by atoms with Crippen LogP contribution in [0.5, 0.6) is 11.5 Å². The van der Waals surface area contributed by atoms with E-state index in [0.29, 0.717) is 17.8 Å². The molecule has 2 N–H and O–H groups in total. The van der Waals surface area contributed by atoms with E-state index in [1.54, 1.807) is 0 Å². The number of hydrogen-bond donors (Lipinski definition) is 2. The second-order valence-electron chi connectivity index (χ2n) is 2.88. The lowest BCUT2D eigenvalue weighted by molar-refractivity contribution is 0.271. The zero-order chi connectivity index (χ0) is 9.42. The van der Waals surface area contributed by atoms with E-state index in [9.17, 15) is 10.1 Å². The minimum absolute atomic E-state index is 0.0696. The molecule has 0 fully saturated rings. The van der Waals surface area contributed by atoms with E-state index < -0.39 is 7.12 Å². The molecule has 68 valence electrons. The predicted octanol–water partition coefficient (Wildman–Crippen LogP) is -0.382. The third-order valence-electron chi connectivity index (χ3n) is 2.10. The Morgan fingerprint density at radius 3 is 3.00 bits per heavy atom. The molecule has 1 aliphatic heterocycles. The summed E-state index contributed by atoms with van der Waals surface area (Å²) in [5.41, 5.74) is 1.38. The Bertz CT molecular complexity index is 339. The van der Waals surface area contributed by atoms with Crippen LogP contribution in [0, 0.1) is 0 Å². The minimum atomic E-state index is -0.948. The Balaban J connectivity index is 2.56. The Morgan fingerprint density at radius 2 is 2.31 bits per heavy atom. The maximum atomic E-state index is 9.34. The molecule has 1 aromatic carbocycles. The molecule has 0 saturated heterocycles. The van der Waals surface area contributed by atoms with Gasteiger partial charge in [0.1, 0.15) is 11.5 Å². The zero-order valence-electron chi connectivity index (χ0n) is 7.15. The van der Waals surface area contributed by atoms with E-state index in [-0.39, 0.29) is 5.75 Å². The molecular formula is C8H9BO4. The lowest BCUT2D eigenvalue weighted by Crippen LogP contribution is -2.27. The first-order chi connectivity index (χ1) is 6.22. The summed E-state index contributed by atoms with van der Waals surface area (Å²) in [4.78, 5) is 0. The van der Waals surface area contributed by atoms with Crippen LogP contribution in [0.15, 0.2) is 12.1 Å². The standard InChI is InChI=1S/C8H9BO4/c1-12-8-3-5(10)2-7-6(8)4-13-9(7)11/h2-3,10-11H,4H2,1H3. The maximum absolute atomic E-state index is 9.34. The summed E-state index contributed by atoms with van der Waals surface area (Å²) in [7, 11) is 0.565. The van der Waals surface area contributed by atoms with Gasteiger partial charge >= 0.3 is 7.12 Å². The molecule has 0 atom stereocenters. The van der Waals surface area contributed by atoms with Gasteiger partial charge in [-0.1, -0.05) is 0 Å². The molecule has 2 rings (SSSR count). The number of hydrogen-bond acceptors (Lipinski definition) is 4. The molecular weight excluding hydrogens is 171 g/mol. The lowest BCUT2D eigenvalue weighted by Gasteiger charge is -2.06. The highest BCUT2D eigenvalue weighted by molar-refractivity contribution is 6.61. The largest absolute Gasteiger partial charge is 0.508 e. The average Bonchev–Trinajstić information content (AvgIpc) is 2.47. The highest BCUT2D eigenvalue weighted by Crippen LogP contribution is 2.26. The van der Waals surface area contributed by atoms with Gasteiger partial charge in [0.15, 0.2) is 0 Å². The van der Waals surface area contributed by atoms with Crippen LogP contribution in [0.4, 0.5) is 0 Å². The van der Waals surface area contributed by atoms with Crippen molar-refractivity contribution in [2.45, 2.75) is 6.61 Å². The first kappa shape index (κ1) is 8.41. The smallest absolute Gasteiger partial charge is 0.492 e. The summed E-state index contributed by atoms with van der Waals surface area (Å²) in [5, 5.41) is 18.6. The third kappa shape index (κ3) is 1.26. The molecule has 0 bridgehead atoms. The molecule has 1 heterocycles. The van der Waals surface area contributed by atoms with Gasteiger partial charge in [0.05, 0.1) is 13.7 Å². The monoisotopic (exact) mass is 180 g/mol. The Labute approximate surface area is 75.9 Å². The van der Waals surface area contributed by atoms with E-state index in [2.05, 4.69) is 0 Å². The summed E-state index contributed by atoms with van der Waals surface area (Å²) in [6.07, 6.45) is 0. The summed E-state index contributed by atoms with van der Waals surface area (Å²) in [6, 6.07) is 2.98. The summed E-state index contributed by atoms with van der Waals surface area (Å²) < 4.78 is 10.0. The second-order valence-corrected chi connectivity index (χ2v) is 2.88. The highest BCUT2D eigenvalue weighted by Gasteiger charge is 2.30. The summed E-state index contributed by atoms with van der Waals surface area (Å²) in [6.45, 7) is 0.319. The fraction of sp³-hybridized carbons (Fsp3) is 0.250. The van der Waals surface area contributed by atoms with Gasteiger partial charge < -0.3 is 19.5 Å². The number of aromatic hydroxyl groups is 1. The highest BCUT2D eigenvalue weighted by atomic mass is 16.5. The lowest BCUT2D eigenvalue weighted by atomic mass is 9.79. The number of phenols is 1. The molecule has 1 aliphatic rings. The van der Waals surface area contributed by atoms with Crippen molar-refractivity contribution in [1.29, 1.82) is 0 Å². The number of benzene rings is 1. The van der Waals surface area contributed by atoms with Gasteiger partial charge in [0.2, 0.25) is 0 Å². The zero-order valence-corrected chi connectivity index (χ0v) is 7.15. The fourth-order valence-electron chi connectivity index (χ4n) is 1.46. The van der Waals surface area contributed by atoms with E-state index in [0.717, 1.165) is 5.56 Å². The van der Waals surface area contributed by atoms with Crippen molar-refractivity contribution in [3.8, 4) is 11.5 Å². The molecule has 0 spiro atoms. The van der Waals surface area contributed by atoms with Crippen molar-refractivity contribution < 1.29 is 19.5 Å². The molecule has 5 heteroatoms. The van der Waals surface area contributed by atoms with Crippen LogP contribution in [0.25, 0.3) is 0 Å².